The normalized spacial score (nSPS) is 11.1. The molecule has 0 unspecified atom stereocenters. The smallest absolute Gasteiger partial charge is 0.139 e. The minimum absolute atomic E-state index is 0.185. The van der Waals surface area contributed by atoms with Crippen LogP contribution in [0.4, 0.5) is 13.2 Å². The predicted octanol–water partition coefficient (Wildman–Crippen LogP) is 3.48. The molecule has 0 spiro atoms. The molecule has 0 aliphatic heterocycles. The number of hydrogen-bond donors (Lipinski definition) is 1. The number of nitrogens with one attached hydrogen (secondary N) is 1. The third kappa shape index (κ3) is 3.61. The molecule has 0 aliphatic rings. The zero-order valence-electron chi connectivity index (χ0n) is 11.7. The summed E-state index contributed by atoms with van der Waals surface area (Å²) in [6.45, 7) is 3.51. The van der Waals surface area contributed by atoms with Crippen molar-refractivity contribution in [1.82, 2.24) is 10.3 Å². The fourth-order valence-corrected chi connectivity index (χ4v) is 2.95. The summed E-state index contributed by atoms with van der Waals surface area (Å²) in [4.78, 5) is 5.07. The lowest BCUT2D eigenvalue weighted by Crippen LogP contribution is -2.12. The molecule has 1 aromatic carbocycles. The van der Waals surface area contributed by atoms with E-state index >= 15 is 0 Å². The number of rotatable bonds is 6. The highest BCUT2D eigenvalue weighted by atomic mass is 32.1. The van der Waals surface area contributed by atoms with Crippen LogP contribution in [0.3, 0.4) is 0 Å². The van der Waals surface area contributed by atoms with Gasteiger partial charge in [0.1, 0.15) is 22.5 Å². The molecule has 21 heavy (non-hydrogen) atoms. The maximum atomic E-state index is 13.8. The van der Waals surface area contributed by atoms with Crippen molar-refractivity contribution in [2.75, 3.05) is 13.7 Å². The summed E-state index contributed by atoms with van der Waals surface area (Å²) in [5.74, 6) is -2.87. The van der Waals surface area contributed by atoms with E-state index in [-0.39, 0.29) is 17.2 Å². The van der Waals surface area contributed by atoms with Gasteiger partial charge in [-0.3, -0.25) is 0 Å². The highest BCUT2D eigenvalue weighted by Gasteiger charge is 2.19. The van der Waals surface area contributed by atoms with E-state index < -0.39 is 17.5 Å². The number of halogens is 3. The molecule has 114 valence electrons. The molecule has 0 radical (unpaired) electrons. The van der Waals surface area contributed by atoms with Crippen molar-refractivity contribution in [3.05, 3.63) is 40.2 Å². The number of ether oxygens (including phenoxy) is 1. The van der Waals surface area contributed by atoms with E-state index in [4.69, 9.17) is 4.74 Å². The van der Waals surface area contributed by atoms with Gasteiger partial charge in [-0.25, -0.2) is 18.2 Å². The molecule has 0 saturated heterocycles. The quantitative estimate of drug-likeness (QED) is 0.886. The van der Waals surface area contributed by atoms with Crippen molar-refractivity contribution in [2.45, 2.75) is 20.1 Å². The Morgan fingerprint density at radius 1 is 1.24 bits per heavy atom. The lowest BCUT2D eigenvalue weighted by Gasteiger charge is -2.01. The minimum atomic E-state index is -0.958. The van der Waals surface area contributed by atoms with Crippen molar-refractivity contribution in [3.8, 4) is 10.6 Å². The van der Waals surface area contributed by atoms with Crippen LogP contribution in [0, 0.1) is 17.5 Å². The number of hydrogen-bond acceptors (Lipinski definition) is 4. The fourth-order valence-electron chi connectivity index (χ4n) is 1.86. The molecular weight excluding hydrogens is 301 g/mol. The largest absolute Gasteiger partial charge is 0.378 e. The Morgan fingerprint density at radius 2 is 1.90 bits per heavy atom. The maximum absolute atomic E-state index is 13.8. The van der Waals surface area contributed by atoms with Crippen molar-refractivity contribution in [1.29, 1.82) is 0 Å². The zero-order chi connectivity index (χ0) is 15.4. The lowest BCUT2D eigenvalue weighted by atomic mass is 10.2. The SMILES string of the molecule is CCNCc1sc(-c2c(F)cc(F)cc2F)nc1COC. The van der Waals surface area contributed by atoms with Gasteiger partial charge in [-0.2, -0.15) is 0 Å². The third-order valence-electron chi connectivity index (χ3n) is 2.82. The van der Waals surface area contributed by atoms with Crippen LogP contribution >= 0.6 is 11.3 Å². The monoisotopic (exact) mass is 316 g/mol. The summed E-state index contributed by atoms with van der Waals surface area (Å²) >= 11 is 1.17. The summed E-state index contributed by atoms with van der Waals surface area (Å²) in [5.41, 5.74) is 0.322. The molecule has 1 N–H and O–H groups in total. The van der Waals surface area contributed by atoms with Crippen LogP contribution in [0.5, 0.6) is 0 Å². The van der Waals surface area contributed by atoms with Gasteiger partial charge in [0.05, 0.1) is 17.9 Å². The van der Waals surface area contributed by atoms with Gasteiger partial charge in [0.15, 0.2) is 0 Å². The van der Waals surface area contributed by atoms with E-state index in [1.165, 1.54) is 18.4 Å². The van der Waals surface area contributed by atoms with Crippen LogP contribution in [0.15, 0.2) is 12.1 Å². The predicted molar refractivity (Wildman–Crippen MR) is 75.5 cm³/mol. The molecule has 3 nitrogen and oxygen atoms in total. The Morgan fingerprint density at radius 3 is 2.48 bits per heavy atom. The van der Waals surface area contributed by atoms with Gasteiger partial charge in [-0.1, -0.05) is 6.92 Å². The Labute approximate surface area is 124 Å². The second-order valence-corrected chi connectivity index (χ2v) is 5.43. The Hall–Kier alpha value is -1.44. The second kappa shape index (κ2) is 7.02. The van der Waals surface area contributed by atoms with Crippen LogP contribution in [-0.4, -0.2) is 18.6 Å². The van der Waals surface area contributed by atoms with Crippen LogP contribution in [0.25, 0.3) is 10.6 Å². The van der Waals surface area contributed by atoms with Crippen LogP contribution < -0.4 is 5.32 Å². The van der Waals surface area contributed by atoms with Crippen molar-refractivity contribution in [2.24, 2.45) is 0 Å². The average Bonchev–Trinajstić information content (AvgIpc) is 2.78. The topological polar surface area (TPSA) is 34.2 Å². The van der Waals surface area contributed by atoms with Crippen molar-refractivity contribution >= 4 is 11.3 Å². The van der Waals surface area contributed by atoms with Crippen molar-refractivity contribution < 1.29 is 17.9 Å². The van der Waals surface area contributed by atoms with E-state index in [2.05, 4.69) is 10.3 Å². The Kier molecular flexibility index (Phi) is 5.33. The number of aromatic nitrogens is 1. The molecule has 0 fully saturated rings. The van der Waals surface area contributed by atoms with E-state index in [0.29, 0.717) is 24.4 Å². The van der Waals surface area contributed by atoms with Gasteiger partial charge in [0.2, 0.25) is 0 Å². The summed E-state index contributed by atoms with van der Waals surface area (Å²) in [6, 6.07) is 1.31. The third-order valence-corrected chi connectivity index (χ3v) is 3.93. The van der Waals surface area contributed by atoms with Gasteiger partial charge in [-0.15, -0.1) is 11.3 Å². The van der Waals surface area contributed by atoms with Gasteiger partial charge >= 0.3 is 0 Å². The Bertz CT molecular complexity index is 608. The van der Waals surface area contributed by atoms with E-state index in [1.807, 2.05) is 6.92 Å². The zero-order valence-corrected chi connectivity index (χ0v) is 12.5. The van der Waals surface area contributed by atoms with Crippen LogP contribution in [0.2, 0.25) is 0 Å². The molecule has 2 rings (SSSR count). The summed E-state index contributed by atoms with van der Waals surface area (Å²) in [6.07, 6.45) is 0. The molecule has 1 heterocycles. The van der Waals surface area contributed by atoms with Gasteiger partial charge in [0, 0.05) is 30.7 Å². The van der Waals surface area contributed by atoms with Gasteiger partial charge in [-0.05, 0) is 6.54 Å². The second-order valence-electron chi connectivity index (χ2n) is 4.35. The molecular formula is C14H15F3N2OS. The van der Waals surface area contributed by atoms with Crippen molar-refractivity contribution in [3.63, 3.8) is 0 Å². The number of benzene rings is 1. The van der Waals surface area contributed by atoms with Gasteiger partial charge in [0.25, 0.3) is 0 Å². The highest BCUT2D eigenvalue weighted by molar-refractivity contribution is 7.15. The van der Waals surface area contributed by atoms with Crippen LogP contribution in [-0.2, 0) is 17.9 Å². The first-order valence-electron chi connectivity index (χ1n) is 6.40. The fraction of sp³-hybridized carbons (Fsp3) is 0.357. The number of nitrogens with zero attached hydrogens (tertiary/aromatic N) is 1. The van der Waals surface area contributed by atoms with E-state index in [9.17, 15) is 13.2 Å². The Balaban J connectivity index is 2.44. The molecule has 0 saturated carbocycles. The molecule has 0 aliphatic carbocycles. The van der Waals surface area contributed by atoms with Gasteiger partial charge < -0.3 is 10.1 Å². The molecule has 7 heteroatoms. The van der Waals surface area contributed by atoms with Crippen LogP contribution in [0.1, 0.15) is 17.5 Å². The maximum Gasteiger partial charge on any atom is 0.139 e. The first kappa shape index (κ1) is 15.9. The lowest BCUT2D eigenvalue weighted by molar-refractivity contribution is 0.181. The average molecular weight is 316 g/mol. The molecule has 0 amide bonds. The minimum Gasteiger partial charge on any atom is -0.378 e. The molecule has 0 atom stereocenters. The summed E-state index contributed by atoms with van der Waals surface area (Å²) in [7, 11) is 1.52. The molecule has 2 aromatic rings. The standard InChI is InChI=1S/C14H15F3N2OS/c1-3-18-6-12-11(7-20-2)19-14(21-12)13-9(16)4-8(15)5-10(13)17/h4-5,18H,3,6-7H2,1-2H3. The summed E-state index contributed by atoms with van der Waals surface area (Å²) in [5, 5.41) is 3.32. The number of thiazole rings is 1. The first-order valence-corrected chi connectivity index (χ1v) is 7.21. The number of methoxy groups -OCH3 is 1. The highest BCUT2D eigenvalue weighted by Crippen LogP contribution is 2.32. The summed E-state index contributed by atoms with van der Waals surface area (Å²) < 4.78 is 45.6. The molecule has 0 bridgehead atoms. The first-order chi connectivity index (χ1) is 10.1. The molecule has 1 aromatic heterocycles. The van der Waals surface area contributed by atoms with E-state index in [0.717, 1.165) is 11.4 Å². The van der Waals surface area contributed by atoms with E-state index in [1.54, 1.807) is 0 Å².